The quantitative estimate of drug-likeness (QED) is 0.721. The highest BCUT2D eigenvalue weighted by atomic mass is 16.6. The molecule has 0 radical (unpaired) electrons. The summed E-state index contributed by atoms with van der Waals surface area (Å²) >= 11 is 0. The van der Waals surface area contributed by atoms with Gasteiger partial charge in [0.05, 0.1) is 31.9 Å². The Hall–Kier alpha value is -1.40. The number of carbonyl (C=O) groups excluding carboxylic acids is 2. The van der Waals surface area contributed by atoms with Crippen molar-refractivity contribution in [3.63, 3.8) is 0 Å². The van der Waals surface area contributed by atoms with E-state index in [0.29, 0.717) is 32.8 Å². The number of morpholine rings is 1. The van der Waals surface area contributed by atoms with Crippen molar-refractivity contribution < 1.29 is 19.1 Å². The Labute approximate surface area is 132 Å². The van der Waals surface area contributed by atoms with Gasteiger partial charge in [0, 0.05) is 19.5 Å². The molecule has 1 unspecified atom stereocenters. The van der Waals surface area contributed by atoms with E-state index >= 15 is 0 Å². The number of hydrogen-bond donors (Lipinski definition) is 0. The third-order valence-electron chi connectivity index (χ3n) is 4.27. The molecule has 6 heteroatoms. The molecule has 6 nitrogen and oxygen atoms in total. The maximum absolute atomic E-state index is 12.5. The van der Waals surface area contributed by atoms with E-state index in [4.69, 9.17) is 9.47 Å². The lowest BCUT2D eigenvalue weighted by molar-refractivity contribution is -0.153. The van der Waals surface area contributed by atoms with E-state index < -0.39 is 5.60 Å². The van der Waals surface area contributed by atoms with Crippen molar-refractivity contribution in [2.45, 2.75) is 38.4 Å². The first kappa shape index (κ1) is 17.0. The fourth-order valence-corrected chi connectivity index (χ4v) is 3.19. The molecule has 0 aliphatic carbocycles. The van der Waals surface area contributed by atoms with Gasteiger partial charge in [-0.05, 0) is 26.8 Å². The fourth-order valence-electron chi connectivity index (χ4n) is 3.19. The Kier molecular flexibility index (Phi) is 4.92. The minimum Gasteiger partial charge on any atom is -0.372 e. The van der Waals surface area contributed by atoms with E-state index in [1.54, 1.807) is 4.90 Å². The zero-order valence-corrected chi connectivity index (χ0v) is 13.8. The molecule has 2 rings (SSSR count). The van der Waals surface area contributed by atoms with E-state index in [0.717, 1.165) is 6.42 Å². The van der Waals surface area contributed by atoms with Gasteiger partial charge in [-0.2, -0.15) is 0 Å². The van der Waals surface area contributed by atoms with Crippen LogP contribution in [0.2, 0.25) is 0 Å². The maximum Gasteiger partial charge on any atom is 0.246 e. The minimum absolute atomic E-state index is 0.0515. The molecule has 2 heterocycles. The average Bonchev–Trinajstić information content (AvgIpc) is 2.78. The van der Waals surface area contributed by atoms with Gasteiger partial charge in [-0.3, -0.25) is 9.59 Å². The molecule has 2 saturated heterocycles. The van der Waals surface area contributed by atoms with Crippen molar-refractivity contribution in [1.82, 2.24) is 9.80 Å². The Bertz CT molecular complexity index is 463. The van der Waals surface area contributed by atoms with Gasteiger partial charge < -0.3 is 19.3 Å². The summed E-state index contributed by atoms with van der Waals surface area (Å²) < 4.78 is 11.7. The Morgan fingerprint density at radius 3 is 2.64 bits per heavy atom. The van der Waals surface area contributed by atoms with Crippen LogP contribution >= 0.6 is 0 Å². The number of likely N-dealkylation sites (N-methyl/N-ethyl adjacent to an activating group) is 1. The predicted molar refractivity (Wildman–Crippen MR) is 82.4 cm³/mol. The molecule has 0 saturated carbocycles. The van der Waals surface area contributed by atoms with Gasteiger partial charge in [0.15, 0.2) is 0 Å². The molecule has 2 aliphatic rings. The molecular weight excluding hydrogens is 284 g/mol. The molecular formula is C16H26N2O4. The van der Waals surface area contributed by atoms with Crippen molar-refractivity contribution in [3.05, 3.63) is 12.7 Å². The third kappa shape index (κ3) is 3.67. The second-order valence-electron chi connectivity index (χ2n) is 6.63. The molecule has 2 aliphatic heterocycles. The van der Waals surface area contributed by atoms with Crippen LogP contribution < -0.4 is 0 Å². The van der Waals surface area contributed by atoms with Crippen LogP contribution in [0.3, 0.4) is 0 Å². The lowest BCUT2D eigenvalue weighted by atomic mass is 9.92. The second-order valence-corrected chi connectivity index (χ2v) is 6.63. The van der Waals surface area contributed by atoms with Crippen LogP contribution in [0, 0.1) is 0 Å². The highest BCUT2D eigenvalue weighted by Crippen LogP contribution is 2.37. The maximum atomic E-state index is 12.5. The number of nitrogens with zero attached hydrogens (tertiary/aromatic N) is 2. The third-order valence-corrected chi connectivity index (χ3v) is 4.27. The van der Waals surface area contributed by atoms with Crippen molar-refractivity contribution in [2.75, 3.05) is 39.4 Å². The SMILES string of the molecule is C=CC(=O)N(CC)CC(=O)N1CCOC2(COC(C)(C)C2)C1. The molecule has 1 spiro atoms. The Morgan fingerprint density at radius 1 is 1.36 bits per heavy atom. The Morgan fingerprint density at radius 2 is 2.09 bits per heavy atom. The van der Waals surface area contributed by atoms with Gasteiger partial charge in [-0.25, -0.2) is 0 Å². The van der Waals surface area contributed by atoms with Gasteiger partial charge >= 0.3 is 0 Å². The topological polar surface area (TPSA) is 59.1 Å². The first-order valence-electron chi connectivity index (χ1n) is 7.78. The summed E-state index contributed by atoms with van der Waals surface area (Å²) in [4.78, 5) is 27.5. The molecule has 0 aromatic heterocycles. The van der Waals surface area contributed by atoms with E-state index in [-0.39, 0.29) is 24.0 Å². The van der Waals surface area contributed by atoms with Crippen molar-refractivity contribution >= 4 is 11.8 Å². The van der Waals surface area contributed by atoms with Crippen LogP contribution in [0.5, 0.6) is 0 Å². The summed E-state index contributed by atoms with van der Waals surface area (Å²) in [6, 6.07) is 0. The second kappa shape index (κ2) is 6.38. The molecule has 1 atom stereocenters. The molecule has 0 N–H and O–H groups in total. The number of ether oxygens (including phenoxy) is 2. The monoisotopic (exact) mass is 310 g/mol. The van der Waals surface area contributed by atoms with Crippen LogP contribution in [0.25, 0.3) is 0 Å². The largest absolute Gasteiger partial charge is 0.372 e. The lowest BCUT2D eigenvalue weighted by Crippen LogP contribution is -2.56. The van der Waals surface area contributed by atoms with Gasteiger partial charge in [0.1, 0.15) is 5.60 Å². The summed E-state index contributed by atoms with van der Waals surface area (Å²) in [5, 5.41) is 0. The smallest absolute Gasteiger partial charge is 0.246 e. The van der Waals surface area contributed by atoms with Gasteiger partial charge in [0.2, 0.25) is 11.8 Å². The van der Waals surface area contributed by atoms with Gasteiger partial charge in [-0.15, -0.1) is 0 Å². The highest BCUT2D eigenvalue weighted by molar-refractivity contribution is 5.90. The lowest BCUT2D eigenvalue weighted by Gasteiger charge is -2.40. The zero-order chi connectivity index (χ0) is 16.4. The number of hydrogen-bond acceptors (Lipinski definition) is 4. The number of carbonyl (C=O) groups is 2. The first-order valence-corrected chi connectivity index (χ1v) is 7.78. The molecule has 2 amide bonds. The molecule has 124 valence electrons. The minimum atomic E-state index is -0.406. The molecule has 2 fully saturated rings. The van der Waals surface area contributed by atoms with Crippen LogP contribution in [0.1, 0.15) is 27.2 Å². The van der Waals surface area contributed by atoms with Crippen LogP contribution in [0.15, 0.2) is 12.7 Å². The van der Waals surface area contributed by atoms with Crippen LogP contribution in [-0.2, 0) is 19.1 Å². The van der Waals surface area contributed by atoms with Crippen LogP contribution in [0.4, 0.5) is 0 Å². The summed E-state index contributed by atoms with van der Waals surface area (Å²) in [5.41, 5.74) is -0.628. The van der Waals surface area contributed by atoms with Gasteiger partial charge in [0.25, 0.3) is 0 Å². The molecule has 0 aromatic carbocycles. The zero-order valence-electron chi connectivity index (χ0n) is 13.8. The number of amides is 2. The average molecular weight is 310 g/mol. The van der Waals surface area contributed by atoms with Crippen molar-refractivity contribution in [3.8, 4) is 0 Å². The van der Waals surface area contributed by atoms with Crippen molar-refractivity contribution in [2.24, 2.45) is 0 Å². The first-order chi connectivity index (χ1) is 10.3. The molecule has 22 heavy (non-hydrogen) atoms. The summed E-state index contributed by atoms with van der Waals surface area (Å²) in [6.45, 7) is 12.1. The van der Waals surface area contributed by atoms with Crippen molar-refractivity contribution in [1.29, 1.82) is 0 Å². The fraction of sp³-hybridized carbons (Fsp3) is 0.750. The summed E-state index contributed by atoms with van der Waals surface area (Å²) in [6.07, 6.45) is 2.01. The Balaban J connectivity index is 1.99. The summed E-state index contributed by atoms with van der Waals surface area (Å²) in [7, 11) is 0. The predicted octanol–water partition coefficient (Wildman–Crippen LogP) is 0.817. The van der Waals surface area contributed by atoms with E-state index in [9.17, 15) is 9.59 Å². The molecule has 0 bridgehead atoms. The van der Waals surface area contributed by atoms with E-state index in [1.807, 2.05) is 20.8 Å². The summed E-state index contributed by atoms with van der Waals surface area (Å²) in [5.74, 6) is -0.270. The van der Waals surface area contributed by atoms with E-state index in [2.05, 4.69) is 6.58 Å². The standard InChI is InChI=1S/C16H26N2O4/c1-5-13(19)17(6-2)9-14(20)18-7-8-21-16(11-18)10-15(3,4)22-12-16/h5H,1,6-12H2,2-4H3. The van der Waals surface area contributed by atoms with Crippen LogP contribution in [-0.4, -0.2) is 72.2 Å². The molecule has 0 aromatic rings. The highest BCUT2D eigenvalue weighted by Gasteiger charge is 2.48. The number of rotatable bonds is 4. The van der Waals surface area contributed by atoms with Gasteiger partial charge in [-0.1, -0.05) is 6.58 Å². The van der Waals surface area contributed by atoms with E-state index in [1.165, 1.54) is 11.0 Å². The normalized spacial score (nSPS) is 27.0.